The van der Waals surface area contributed by atoms with Gasteiger partial charge in [-0.15, -0.1) is 11.3 Å². The van der Waals surface area contributed by atoms with Crippen molar-refractivity contribution in [2.24, 2.45) is 0 Å². The van der Waals surface area contributed by atoms with Crippen molar-refractivity contribution in [3.63, 3.8) is 0 Å². The van der Waals surface area contributed by atoms with Crippen LogP contribution in [0.25, 0.3) is 0 Å². The number of nitrogen functional groups attached to an aromatic ring is 1. The summed E-state index contributed by atoms with van der Waals surface area (Å²) in [6, 6.07) is 4.54. The van der Waals surface area contributed by atoms with E-state index < -0.39 is 18.6 Å². The van der Waals surface area contributed by atoms with E-state index in [9.17, 15) is 18.0 Å². The van der Waals surface area contributed by atoms with Gasteiger partial charge in [-0.3, -0.25) is 4.79 Å². The van der Waals surface area contributed by atoms with Crippen molar-refractivity contribution in [1.29, 1.82) is 0 Å². The molecule has 2 aromatic rings. The van der Waals surface area contributed by atoms with Crippen LogP contribution in [0, 0.1) is 0 Å². The lowest BCUT2D eigenvalue weighted by Gasteiger charge is -2.22. The van der Waals surface area contributed by atoms with Crippen LogP contribution in [0.4, 0.5) is 18.9 Å². The number of alkyl halides is 3. The average molecular weight is 304 g/mol. The standard InChI is InChI=1S/C12H11F3N2O2S/c13-12(14,15)7-17(6-8-2-1-4-19-8)11(18)10-9(16)3-5-20-10/h1-5H,6-7,16H2. The number of hydrogen-bond donors (Lipinski definition) is 1. The third kappa shape index (κ3) is 3.53. The number of rotatable bonds is 4. The van der Waals surface area contributed by atoms with Crippen LogP contribution in [-0.2, 0) is 6.54 Å². The molecule has 8 heteroatoms. The maximum absolute atomic E-state index is 12.6. The maximum Gasteiger partial charge on any atom is 0.406 e. The number of halogens is 3. The molecule has 0 fully saturated rings. The summed E-state index contributed by atoms with van der Waals surface area (Å²) in [6.45, 7) is -1.62. The summed E-state index contributed by atoms with van der Waals surface area (Å²) in [6.07, 6.45) is -3.15. The fourth-order valence-corrected chi connectivity index (χ4v) is 2.43. The highest BCUT2D eigenvalue weighted by Crippen LogP contribution is 2.25. The topological polar surface area (TPSA) is 59.5 Å². The fourth-order valence-electron chi connectivity index (χ4n) is 1.64. The second-order valence-electron chi connectivity index (χ2n) is 4.06. The minimum absolute atomic E-state index is 0.0980. The Morgan fingerprint density at radius 1 is 1.40 bits per heavy atom. The highest BCUT2D eigenvalue weighted by atomic mass is 32.1. The summed E-state index contributed by atoms with van der Waals surface area (Å²) in [5.74, 6) is -0.482. The molecule has 0 spiro atoms. The molecule has 0 saturated heterocycles. The molecule has 0 unspecified atom stereocenters. The van der Waals surface area contributed by atoms with Crippen LogP contribution in [0.2, 0.25) is 0 Å². The molecule has 2 aromatic heterocycles. The Labute approximate surface area is 116 Å². The third-order valence-corrected chi connectivity index (χ3v) is 3.39. The molecule has 0 saturated carbocycles. The van der Waals surface area contributed by atoms with Gasteiger partial charge in [0, 0.05) is 0 Å². The summed E-state index contributed by atoms with van der Waals surface area (Å²) < 4.78 is 42.7. The number of carbonyl (C=O) groups is 1. The first kappa shape index (κ1) is 14.4. The monoisotopic (exact) mass is 304 g/mol. The first-order valence-corrected chi connectivity index (χ1v) is 6.46. The lowest BCUT2D eigenvalue weighted by molar-refractivity contribution is -0.142. The van der Waals surface area contributed by atoms with Crippen molar-refractivity contribution in [1.82, 2.24) is 4.90 Å². The first-order valence-electron chi connectivity index (χ1n) is 5.58. The fraction of sp³-hybridized carbons (Fsp3) is 0.250. The van der Waals surface area contributed by atoms with Gasteiger partial charge in [-0.05, 0) is 23.6 Å². The Bertz CT molecular complexity index is 578. The zero-order valence-electron chi connectivity index (χ0n) is 10.2. The zero-order valence-corrected chi connectivity index (χ0v) is 11.0. The molecule has 0 atom stereocenters. The predicted molar refractivity (Wildman–Crippen MR) is 68.2 cm³/mol. The molecule has 0 radical (unpaired) electrons. The minimum atomic E-state index is -4.49. The van der Waals surface area contributed by atoms with Gasteiger partial charge in [0.2, 0.25) is 0 Å². The van der Waals surface area contributed by atoms with E-state index in [4.69, 9.17) is 10.2 Å². The van der Waals surface area contributed by atoms with Crippen molar-refractivity contribution in [3.8, 4) is 0 Å². The van der Waals surface area contributed by atoms with Crippen LogP contribution in [0.5, 0.6) is 0 Å². The van der Waals surface area contributed by atoms with E-state index in [0.29, 0.717) is 4.90 Å². The van der Waals surface area contributed by atoms with Crippen LogP contribution in [0.1, 0.15) is 15.4 Å². The molecule has 0 aliphatic heterocycles. The Kier molecular flexibility index (Phi) is 4.03. The van der Waals surface area contributed by atoms with Gasteiger partial charge >= 0.3 is 6.18 Å². The number of thiophene rings is 1. The van der Waals surface area contributed by atoms with Crippen LogP contribution in [0.15, 0.2) is 34.3 Å². The maximum atomic E-state index is 12.6. The quantitative estimate of drug-likeness (QED) is 0.944. The van der Waals surface area contributed by atoms with E-state index in [-0.39, 0.29) is 22.9 Å². The Morgan fingerprint density at radius 2 is 2.15 bits per heavy atom. The van der Waals surface area contributed by atoms with Crippen LogP contribution >= 0.6 is 11.3 Å². The van der Waals surface area contributed by atoms with Gasteiger partial charge in [0.25, 0.3) is 5.91 Å². The van der Waals surface area contributed by atoms with Crippen molar-refractivity contribution >= 4 is 22.9 Å². The van der Waals surface area contributed by atoms with Crippen LogP contribution in [-0.4, -0.2) is 23.5 Å². The van der Waals surface area contributed by atoms with Gasteiger partial charge in [0.15, 0.2) is 0 Å². The smallest absolute Gasteiger partial charge is 0.406 e. The molecular weight excluding hydrogens is 293 g/mol. The molecule has 4 nitrogen and oxygen atoms in total. The molecule has 0 bridgehead atoms. The molecule has 108 valence electrons. The molecule has 0 aliphatic carbocycles. The zero-order chi connectivity index (χ0) is 14.8. The summed E-state index contributed by atoms with van der Waals surface area (Å²) in [7, 11) is 0. The second kappa shape index (κ2) is 5.58. The SMILES string of the molecule is Nc1ccsc1C(=O)N(Cc1ccco1)CC(F)(F)F. The average Bonchev–Trinajstić information content (AvgIpc) is 2.97. The first-order chi connectivity index (χ1) is 9.37. The molecule has 1 amide bonds. The van der Waals surface area contributed by atoms with Crippen molar-refractivity contribution < 1.29 is 22.4 Å². The molecule has 0 aromatic carbocycles. The highest BCUT2D eigenvalue weighted by molar-refractivity contribution is 7.12. The minimum Gasteiger partial charge on any atom is -0.467 e. The summed E-state index contributed by atoms with van der Waals surface area (Å²) in [5.41, 5.74) is 5.75. The Balaban J connectivity index is 2.22. The molecular formula is C12H11F3N2O2S. The van der Waals surface area contributed by atoms with E-state index in [1.54, 1.807) is 11.4 Å². The molecule has 2 N–H and O–H groups in total. The largest absolute Gasteiger partial charge is 0.467 e. The van der Waals surface area contributed by atoms with Crippen LogP contribution in [0.3, 0.4) is 0 Å². The van der Waals surface area contributed by atoms with Gasteiger partial charge in [-0.2, -0.15) is 13.2 Å². The van der Waals surface area contributed by atoms with Gasteiger partial charge in [0.1, 0.15) is 17.2 Å². The predicted octanol–water partition coefficient (Wildman–Crippen LogP) is 3.13. The van der Waals surface area contributed by atoms with Crippen LogP contribution < -0.4 is 5.73 Å². The Hall–Kier alpha value is -1.96. The van der Waals surface area contributed by atoms with Crippen molar-refractivity contribution in [3.05, 3.63) is 40.5 Å². The molecule has 0 aliphatic rings. The summed E-state index contributed by atoms with van der Waals surface area (Å²) >= 11 is 1.01. The van der Waals surface area contributed by atoms with E-state index in [1.807, 2.05) is 0 Å². The summed E-state index contributed by atoms with van der Waals surface area (Å²) in [5, 5.41) is 1.56. The number of nitrogens with two attached hydrogens (primary N) is 1. The Morgan fingerprint density at radius 3 is 2.65 bits per heavy atom. The molecule has 20 heavy (non-hydrogen) atoms. The second-order valence-corrected chi connectivity index (χ2v) is 4.98. The van der Waals surface area contributed by atoms with Crippen molar-refractivity contribution in [2.75, 3.05) is 12.3 Å². The lowest BCUT2D eigenvalue weighted by atomic mass is 10.3. The summed E-state index contributed by atoms with van der Waals surface area (Å²) in [4.78, 5) is 12.9. The number of furan rings is 1. The number of carbonyl (C=O) groups excluding carboxylic acids is 1. The number of anilines is 1. The van der Waals surface area contributed by atoms with E-state index in [0.717, 1.165) is 11.3 Å². The van der Waals surface area contributed by atoms with Gasteiger partial charge in [-0.25, -0.2) is 0 Å². The third-order valence-electron chi connectivity index (χ3n) is 2.47. The number of amides is 1. The normalized spacial score (nSPS) is 11.6. The highest BCUT2D eigenvalue weighted by Gasteiger charge is 2.34. The van der Waals surface area contributed by atoms with Crippen molar-refractivity contribution in [2.45, 2.75) is 12.7 Å². The lowest BCUT2D eigenvalue weighted by Crippen LogP contribution is -2.38. The van der Waals surface area contributed by atoms with E-state index >= 15 is 0 Å². The number of hydrogen-bond acceptors (Lipinski definition) is 4. The number of nitrogens with zero attached hydrogens (tertiary/aromatic N) is 1. The molecule has 2 heterocycles. The van der Waals surface area contributed by atoms with Gasteiger partial charge in [0.05, 0.1) is 18.5 Å². The van der Waals surface area contributed by atoms with E-state index in [1.165, 1.54) is 18.4 Å². The molecule has 2 rings (SSSR count). The van der Waals surface area contributed by atoms with Gasteiger partial charge in [-0.1, -0.05) is 0 Å². The van der Waals surface area contributed by atoms with Gasteiger partial charge < -0.3 is 15.1 Å². The van der Waals surface area contributed by atoms with E-state index in [2.05, 4.69) is 0 Å².